The first kappa shape index (κ1) is 20.2. The Morgan fingerprint density at radius 3 is 2.58 bits per heavy atom. The lowest BCUT2D eigenvalue weighted by Crippen LogP contribution is -2.56. The van der Waals surface area contributed by atoms with E-state index in [1.807, 2.05) is 42.2 Å². The summed E-state index contributed by atoms with van der Waals surface area (Å²) in [6, 6.07) is 9.91. The average molecular weight is 363 g/mol. The van der Waals surface area contributed by atoms with Crippen molar-refractivity contribution in [3.8, 4) is 0 Å². The zero-order chi connectivity index (χ0) is 18.9. The van der Waals surface area contributed by atoms with Crippen LogP contribution in [0.25, 0.3) is 0 Å². The fourth-order valence-electron chi connectivity index (χ4n) is 3.20. The highest BCUT2D eigenvalue weighted by atomic mass is 16.4. The number of aliphatic hydroxyl groups is 1. The first-order valence-electron chi connectivity index (χ1n) is 9.20. The minimum atomic E-state index is -0.828. The fraction of sp³-hybridized carbons (Fsp3) is 0.579. The number of carbonyl (C=O) groups excluding carboxylic acids is 1. The third-order valence-electron chi connectivity index (χ3n) is 4.82. The van der Waals surface area contributed by atoms with Crippen molar-refractivity contribution in [3.63, 3.8) is 0 Å². The maximum absolute atomic E-state index is 11.9. The van der Waals surface area contributed by atoms with Crippen LogP contribution in [0, 0.1) is 0 Å². The SMILES string of the molecule is CCN(CC(=O)O)C1CC(NC(=O)NCC(O)CCc2ccccc2)C1. The highest BCUT2D eigenvalue weighted by Gasteiger charge is 2.34. The predicted molar refractivity (Wildman–Crippen MR) is 99.0 cm³/mol. The highest BCUT2D eigenvalue weighted by molar-refractivity contribution is 5.74. The summed E-state index contributed by atoms with van der Waals surface area (Å²) >= 11 is 0. The van der Waals surface area contributed by atoms with Crippen LogP contribution in [0.4, 0.5) is 4.79 Å². The molecular weight excluding hydrogens is 334 g/mol. The van der Waals surface area contributed by atoms with Gasteiger partial charge in [-0.1, -0.05) is 37.3 Å². The van der Waals surface area contributed by atoms with Crippen molar-refractivity contribution in [1.82, 2.24) is 15.5 Å². The number of nitrogens with zero attached hydrogens (tertiary/aromatic N) is 1. The molecule has 1 aliphatic rings. The molecular formula is C19H29N3O4. The van der Waals surface area contributed by atoms with Crippen LogP contribution < -0.4 is 10.6 Å². The number of amides is 2. The summed E-state index contributed by atoms with van der Waals surface area (Å²) in [5.74, 6) is -0.828. The van der Waals surface area contributed by atoms with Crippen LogP contribution in [0.3, 0.4) is 0 Å². The monoisotopic (exact) mass is 363 g/mol. The van der Waals surface area contributed by atoms with E-state index in [1.165, 1.54) is 5.56 Å². The van der Waals surface area contributed by atoms with Gasteiger partial charge in [-0.25, -0.2) is 4.79 Å². The molecule has 1 aromatic rings. The highest BCUT2D eigenvalue weighted by Crippen LogP contribution is 2.25. The van der Waals surface area contributed by atoms with Crippen molar-refractivity contribution in [2.45, 2.75) is 50.8 Å². The van der Waals surface area contributed by atoms with Crippen molar-refractivity contribution in [1.29, 1.82) is 0 Å². The van der Waals surface area contributed by atoms with Crippen LogP contribution in [0.1, 0.15) is 31.7 Å². The van der Waals surface area contributed by atoms with Crippen molar-refractivity contribution >= 4 is 12.0 Å². The van der Waals surface area contributed by atoms with Gasteiger partial charge in [0, 0.05) is 18.6 Å². The normalized spacial score (nSPS) is 20.3. The van der Waals surface area contributed by atoms with E-state index in [1.54, 1.807) is 0 Å². The van der Waals surface area contributed by atoms with E-state index in [9.17, 15) is 14.7 Å². The Hall–Kier alpha value is -2.12. The van der Waals surface area contributed by atoms with E-state index in [-0.39, 0.29) is 31.2 Å². The number of nitrogens with one attached hydrogen (secondary N) is 2. The van der Waals surface area contributed by atoms with Gasteiger partial charge in [-0.05, 0) is 37.8 Å². The summed E-state index contributed by atoms with van der Waals surface area (Å²) in [5.41, 5.74) is 1.17. The van der Waals surface area contributed by atoms with Gasteiger partial charge in [0.2, 0.25) is 0 Å². The van der Waals surface area contributed by atoms with Crippen LogP contribution >= 0.6 is 0 Å². The molecule has 26 heavy (non-hydrogen) atoms. The number of likely N-dealkylation sites (N-methyl/N-ethyl adjacent to an activating group) is 1. The first-order chi connectivity index (χ1) is 12.5. The second kappa shape index (κ2) is 10.1. The Kier molecular flexibility index (Phi) is 7.87. The molecule has 1 aliphatic carbocycles. The molecule has 1 saturated carbocycles. The van der Waals surface area contributed by atoms with Gasteiger partial charge in [0.05, 0.1) is 12.6 Å². The summed E-state index contributed by atoms with van der Waals surface area (Å²) in [5, 5.41) is 24.5. The largest absolute Gasteiger partial charge is 0.480 e. The molecule has 0 heterocycles. The third kappa shape index (κ3) is 6.65. The number of aliphatic carboxylic acids is 1. The number of urea groups is 1. The topological polar surface area (TPSA) is 102 Å². The molecule has 1 fully saturated rings. The third-order valence-corrected chi connectivity index (χ3v) is 4.82. The summed E-state index contributed by atoms with van der Waals surface area (Å²) in [6.07, 6.45) is 2.29. The van der Waals surface area contributed by atoms with E-state index in [4.69, 9.17) is 5.11 Å². The van der Waals surface area contributed by atoms with Gasteiger partial charge >= 0.3 is 12.0 Å². The van der Waals surface area contributed by atoms with E-state index in [2.05, 4.69) is 10.6 Å². The van der Waals surface area contributed by atoms with Crippen molar-refractivity contribution in [2.75, 3.05) is 19.6 Å². The molecule has 7 heteroatoms. The summed E-state index contributed by atoms with van der Waals surface area (Å²) in [6.45, 7) is 2.87. The number of carbonyl (C=O) groups is 2. The number of carboxylic acids is 1. The lowest BCUT2D eigenvalue weighted by Gasteiger charge is -2.42. The summed E-state index contributed by atoms with van der Waals surface area (Å²) < 4.78 is 0. The molecule has 0 aliphatic heterocycles. The second-order valence-electron chi connectivity index (χ2n) is 6.81. The number of benzene rings is 1. The molecule has 1 atom stereocenters. The van der Waals surface area contributed by atoms with E-state index < -0.39 is 12.1 Å². The minimum absolute atomic E-state index is 0.0354. The van der Waals surface area contributed by atoms with Crippen LogP contribution in [-0.4, -0.2) is 64.9 Å². The molecule has 1 unspecified atom stereocenters. The molecule has 0 radical (unpaired) electrons. The van der Waals surface area contributed by atoms with Crippen LogP contribution in [-0.2, 0) is 11.2 Å². The molecule has 0 aromatic heterocycles. The van der Waals surface area contributed by atoms with Gasteiger partial charge in [-0.2, -0.15) is 0 Å². The number of aryl methyl sites for hydroxylation is 1. The van der Waals surface area contributed by atoms with Gasteiger partial charge < -0.3 is 20.8 Å². The quantitative estimate of drug-likeness (QED) is 0.501. The van der Waals surface area contributed by atoms with Gasteiger partial charge in [0.1, 0.15) is 0 Å². The van der Waals surface area contributed by atoms with Crippen molar-refractivity contribution < 1.29 is 19.8 Å². The number of hydrogen-bond acceptors (Lipinski definition) is 4. The van der Waals surface area contributed by atoms with E-state index in [0.717, 1.165) is 19.3 Å². The van der Waals surface area contributed by atoms with Gasteiger partial charge in [0.15, 0.2) is 0 Å². The Bertz CT molecular complexity index is 575. The Morgan fingerprint density at radius 2 is 1.96 bits per heavy atom. The molecule has 0 bridgehead atoms. The van der Waals surface area contributed by atoms with Gasteiger partial charge in [0.25, 0.3) is 0 Å². The van der Waals surface area contributed by atoms with Crippen LogP contribution in [0.2, 0.25) is 0 Å². The maximum atomic E-state index is 11.9. The second-order valence-corrected chi connectivity index (χ2v) is 6.81. The zero-order valence-corrected chi connectivity index (χ0v) is 15.2. The molecule has 7 nitrogen and oxygen atoms in total. The Balaban J connectivity index is 1.59. The molecule has 0 spiro atoms. The average Bonchev–Trinajstić information content (AvgIpc) is 2.60. The van der Waals surface area contributed by atoms with Crippen LogP contribution in [0.15, 0.2) is 30.3 Å². The van der Waals surface area contributed by atoms with E-state index >= 15 is 0 Å². The van der Waals surface area contributed by atoms with Crippen LogP contribution in [0.5, 0.6) is 0 Å². The number of aliphatic hydroxyl groups excluding tert-OH is 1. The smallest absolute Gasteiger partial charge is 0.317 e. The Labute approximate surface area is 154 Å². The predicted octanol–water partition coefficient (Wildman–Crippen LogP) is 1.22. The van der Waals surface area contributed by atoms with E-state index in [0.29, 0.717) is 13.0 Å². The summed E-state index contributed by atoms with van der Waals surface area (Å²) in [4.78, 5) is 24.6. The lowest BCUT2D eigenvalue weighted by molar-refractivity contribution is -0.139. The molecule has 144 valence electrons. The fourth-order valence-corrected chi connectivity index (χ4v) is 3.20. The van der Waals surface area contributed by atoms with Gasteiger partial charge in [-0.15, -0.1) is 0 Å². The Morgan fingerprint density at radius 1 is 1.27 bits per heavy atom. The number of hydrogen-bond donors (Lipinski definition) is 4. The van der Waals surface area contributed by atoms with Crippen molar-refractivity contribution in [2.24, 2.45) is 0 Å². The first-order valence-corrected chi connectivity index (χ1v) is 9.20. The zero-order valence-electron chi connectivity index (χ0n) is 15.2. The lowest BCUT2D eigenvalue weighted by atomic mass is 9.85. The molecule has 4 N–H and O–H groups in total. The summed E-state index contributed by atoms with van der Waals surface area (Å²) in [7, 11) is 0. The maximum Gasteiger partial charge on any atom is 0.317 e. The van der Waals surface area contributed by atoms with Gasteiger partial charge in [-0.3, -0.25) is 9.69 Å². The molecule has 1 aromatic carbocycles. The number of carboxylic acid groups (broad SMARTS) is 1. The minimum Gasteiger partial charge on any atom is -0.480 e. The van der Waals surface area contributed by atoms with Crippen molar-refractivity contribution in [3.05, 3.63) is 35.9 Å². The number of rotatable bonds is 10. The molecule has 2 rings (SSSR count). The standard InChI is InChI=1S/C19H29N3O4/c1-2-22(13-18(24)25)16-10-15(11-16)21-19(26)20-12-17(23)9-8-14-6-4-3-5-7-14/h3-7,15-17,23H,2,8-13H2,1H3,(H,24,25)(H2,20,21,26). The molecule has 0 saturated heterocycles. The molecule has 2 amide bonds.